The molecule has 0 bridgehead atoms. The van der Waals surface area contributed by atoms with Gasteiger partial charge in [-0.2, -0.15) is 5.10 Å². The number of carbonyl (C=O) groups is 2. The Morgan fingerprint density at radius 1 is 0.955 bits per heavy atom. The Hall–Kier alpha value is -5.42. The lowest BCUT2D eigenvalue weighted by Crippen LogP contribution is -2.40. The molecular formula is C33H30N8O3. The van der Waals surface area contributed by atoms with Crippen LogP contribution < -0.4 is 5.32 Å². The van der Waals surface area contributed by atoms with Crippen molar-refractivity contribution in [2.75, 3.05) is 31.6 Å². The van der Waals surface area contributed by atoms with Gasteiger partial charge in [0.25, 0.3) is 5.91 Å². The van der Waals surface area contributed by atoms with E-state index in [9.17, 15) is 9.59 Å². The molecule has 1 aliphatic rings. The normalized spacial score (nSPS) is 13.6. The van der Waals surface area contributed by atoms with Crippen molar-refractivity contribution in [1.29, 1.82) is 0 Å². The Labute approximate surface area is 252 Å². The molecule has 11 heteroatoms. The number of aromatic amines is 2. The third kappa shape index (κ3) is 5.18. The Bertz CT molecular complexity index is 2010. The van der Waals surface area contributed by atoms with E-state index >= 15 is 0 Å². The lowest BCUT2D eigenvalue weighted by Gasteiger charge is -2.26. The third-order valence-corrected chi connectivity index (χ3v) is 7.76. The Kier molecular flexibility index (Phi) is 7.07. The summed E-state index contributed by atoms with van der Waals surface area (Å²) in [5.74, 6) is 0.431. The minimum Gasteiger partial charge on any atom is -0.378 e. The summed E-state index contributed by atoms with van der Waals surface area (Å²) in [6, 6.07) is 17.5. The Morgan fingerprint density at radius 2 is 1.75 bits per heavy atom. The number of nitrogens with one attached hydrogen (secondary N) is 3. The number of anilines is 1. The van der Waals surface area contributed by atoms with Gasteiger partial charge in [0.05, 0.1) is 41.5 Å². The molecule has 1 aliphatic heterocycles. The van der Waals surface area contributed by atoms with E-state index in [0.29, 0.717) is 54.7 Å². The molecule has 0 aliphatic carbocycles. The average molecular weight is 587 g/mol. The standard InChI is InChI=1S/C33H30N8O3/c1-19(2)32(42)36-24-14-22(16-34-18-24)23-15-26-29(39-40-30(26)35-17-23)31-37-27-5-3-4-25(28(27)38-31)20-6-8-21(9-7-20)33(43)41-10-12-44-13-11-41/h3-9,14-19H,10-13H2,1-2H3,(H,36,42)(H,37,38)(H,35,39,40). The number of ether oxygens (including phenoxy) is 1. The molecule has 7 rings (SSSR count). The summed E-state index contributed by atoms with van der Waals surface area (Å²) in [5, 5.41) is 11.2. The first-order valence-electron chi connectivity index (χ1n) is 14.5. The highest BCUT2D eigenvalue weighted by Crippen LogP contribution is 2.33. The largest absolute Gasteiger partial charge is 0.378 e. The van der Waals surface area contributed by atoms with Gasteiger partial charge in [-0.05, 0) is 35.9 Å². The molecule has 1 saturated heterocycles. The van der Waals surface area contributed by atoms with Crippen LogP contribution in [0.25, 0.3) is 55.8 Å². The number of morpholine rings is 1. The highest BCUT2D eigenvalue weighted by Gasteiger charge is 2.20. The first kappa shape index (κ1) is 27.4. The van der Waals surface area contributed by atoms with Gasteiger partial charge >= 0.3 is 0 Å². The molecule has 5 heterocycles. The minimum absolute atomic E-state index is 0.0158. The van der Waals surface area contributed by atoms with E-state index in [4.69, 9.17) is 9.72 Å². The second kappa shape index (κ2) is 11.3. The van der Waals surface area contributed by atoms with Crippen LogP contribution in [0, 0.1) is 5.92 Å². The lowest BCUT2D eigenvalue weighted by atomic mass is 10.0. The van der Waals surface area contributed by atoms with Crippen molar-refractivity contribution < 1.29 is 14.3 Å². The Morgan fingerprint density at radius 3 is 2.55 bits per heavy atom. The van der Waals surface area contributed by atoms with Gasteiger partial charge in [0.15, 0.2) is 11.5 Å². The number of rotatable bonds is 6. The fourth-order valence-corrected chi connectivity index (χ4v) is 5.32. The summed E-state index contributed by atoms with van der Waals surface area (Å²) in [4.78, 5) is 44.2. The first-order chi connectivity index (χ1) is 21.4. The van der Waals surface area contributed by atoms with Crippen LogP contribution in [0.2, 0.25) is 0 Å². The predicted octanol–water partition coefficient (Wildman–Crippen LogP) is 5.30. The number of para-hydroxylation sites is 1. The van der Waals surface area contributed by atoms with Crippen molar-refractivity contribution in [1.82, 2.24) is 35.0 Å². The van der Waals surface area contributed by atoms with Gasteiger partial charge in [0.1, 0.15) is 5.69 Å². The molecule has 220 valence electrons. The summed E-state index contributed by atoms with van der Waals surface area (Å²) in [5.41, 5.74) is 7.77. The van der Waals surface area contributed by atoms with Gasteiger partial charge < -0.3 is 19.9 Å². The van der Waals surface area contributed by atoms with Gasteiger partial charge in [-0.3, -0.25) is 19.7 Å². The van der Waals surface area contributed by atoms with E-state index in [2.05, 4.69) is 30.5 Å². The fourth-order valence-electron chi connectivity index (χ4n) is 5.32. The van der Waals surface area contributed by atoms with Crippen molar-refractivity contribution in [2.24, 2.45) is 5.92 Å². The monoisotopic (exact) mass is 586 g/mol. The number of imidazole rings is 1. The lowest BCUT2D eigenvalue weighted by molar-refractivity contribution is -0.118. The molecule has 2 aromatic carbocycles. The van der Waals surface area contributed by atoms with Crippen molar-refractivity contribution in [3.63, 3.8) is 0 Å². The molecular weight excluding hydrogens is 556 g/mol. The molecule has 0 atom stereocenters. The molecule has 44 heavy (non-hydrogen) atoms. The van der Waals surface area contributed by atoms with Gasteiger partial charge in [0, 0.05) is 53.7 Å². The third-order valence-electron chi connectivity index (χ3n) is 7.76. The highest BCUT2D eigenvalue weighted by molar-refractivity contribution is 5.99. The molecule has 2 amide bonds. The molecule has 6 aromatic rings. The highest BCUT2D eigenvalue weighted by atomic mass is 16.5. The smallest absolute Gasteiger partial charge is 0.254 e. The van der Waals surface area contributed by atoms with Crippen molar-refractivity contribution in [3.05, 3.63) is 78.8 Å². The van der Waals surface area contributed by atoms with E-state index in [1.165, 1.54) is 0 Å². The zero-order valence-corrected chi connectivity index (χ0v) is 24.3. The summed E-state index contributed by atoms with van der Waals surface area (Å²) >= 11 is 0. The Balaban J connectivity index is 1.20. The van der Waals surface area contributed by atoms with Crippen LogP contribution in [0.15, 0.2) is 73.2 Å². The van der Waals surface area contributed by atoms with E-state index in [0.717, 1.165) is 38.7 Å². The van der Waals surface area contributed by atoms with Crippen molar-refractivity contribution in [3.8, 4) is 33.8 Å². The zero-order chi connectivity index (χ0) is 30.2. The minimum atomic E-state index is -0.140. The van der Waals surface area contributed by atoms with Crippen molar-refractivity contribution >= 4 is 39.6 Å². The number of carbonyl (C=O) groups excluding carboxylic acids is 2. The molecule has 0 radical (unpaired) electrons. The zero-order valence-electron chi connectivity index (χ0n) is 24.3. The van der Waals surface area contributed by atoms with Crippen LogP contribution in [-0.2, 0) is 9.53 Å². The van der Waals surface area contributed by atoms with Crippen LogP contribution in [0.5, 0.6) is 0 Å². The van der Waals surface area contributed by atoms with Crippen LogP contribution in [0.1, 0.15) is 24.2 Å². The van der Waals surface area contributed by atoms with Gasteiger partial charge in [0.2, 0.25) is 5.91 Å². The summed E-state index contributed by atoms with van der Waals surface area (Å²) in [7, 11) is 0. The number of aromatic nitrogens is 6. The van der Waals surface area contributed by atoms with Crippen LogP contribution in [-0.4, -0.2) is 73.2 Å². The molecule has 1 fully saturated rings. The molecule has 11 nitrogen and oxygen atoms in total. The second-order valence-electron chi connectivity index (χ2n) is 11.1. The van der Waals surface area contributed by atoms with E-state index in [-0.39, 0.29) is 17.7 Å². The summed E-state index contributed by atoms with van der Waals surface area (Å²) in [6.45, 7) is 6.04. The fraction of sp³-hybridized carbons (Fsp3) is 0.212. The van der Waals surface area contributed by atoms with Gasteiger partial charge in [-0.25, -0.2) is 9.97 Å². The predicted molar refractivity (Wildman–Crippen MR) is 168 cm³/mol. The maximum absolute atomic E-state index is 12.9. The molecule has 0 spiro atoms. The van der Waals surface area contributed by atoms with E-state index in [1.54, 1.807) is 18.6 Å². The number of fused-ring (bicyclic) bond motifs is 2. The van der Waals surface area contributed by atoms with Gasteiger partial charge in [-0.1, -0.05) is 38.1 Å². The average Bonchev–Trinajstić information content (AvgIpc) is 3.69. The maximum Gasteiger partial charge on any atom is 0.254 e. The number of hydrogen-bond donors (Lipinski definition) is 3. The number of pyridine rings is 2. The van der Waals surface area contributed by atoms with Gasteiger partial charge in [-0.15, -0.1) is 0 Å². The van der Waals surface area contributed by atoms with Crippen molar-refractivity contribution in [2.45, 2.75) is 13.8 Å². The molecule has 0 saturated carbocycles. The molecule has 3 N–H and O–H groups in total. The number of nitrogens with zero attached hydrogens (tertiary/aromatic N) is 5. The molecule has 0 unspecified atom stereocenters. The first-order valence-corrected chi connectivity index (χ1v) is 14.5. The number of H-pyrrole nitrogens is 2. The number of hydrogen-bond acceptors (Lipinski definition) is 7. The summed E-state index contributed by atoms with van der Waals surface area (Å²) in [6.07, 6.45) is 5.10. The topological polar surface area (TPSA) is 142 Å². The SMILES string of the molecule is CC(C)C(=O)Nc1cncc(-c2cnc3n[nH]c(-c4nc5c(-c6ccc(C(=O)N7CCOCC7)cc6)cccc5[nH]4)c3c2)c1. The maximum atomic E-state index is 12.9. The van der Waals surface area contributed by atoms with E-state index < -0.39 is 0 Å². The van der Waals surface area contributed by atoms with E-state index in [1.807, 2.05) is 73.3 Å². The second-order valence-corrected chi connectivity index (χ2v) is 11.1. The van der Waals surface area contributed by atoms with Crippen LogP contribution in [0.3, 0.4) is 0 Å². The summed E-state index contributed by atoms with van der Waals surface area (Å²) < 4.78 is 5.38. The molecule has 4 aromatic heterocycles. The van der Waals surface area contributed by atoms with Crippen LogP contribution >= 0.6 is 0 Å². The quantitative estimate of drug-likeness (QED) is 0.241. The number of benzene rings is 2. The number of amides is 2. The van der Waals surface area contributed by atoms with Crippen LogP contribution in [0.4, 0.5) is 5.69 Å².